The Labute approximate surface area is 99.9 Å². The largest absolute Gasteiger partial charge is 0.478 e. The lowest BCUT2D eigenvalue weighted by Gasteiger charge is -2.24. The fourth-order valence-corrected chi connectivity index (χ4v) is 2.23. The van der Waals surface area contributed by atoms with Gasteiger partial charge in [-0.05, 0) is 31.4 Å². The van der Waals surface area contributed by atoms with E-state index in [2.05, 4.69) is 0 Å². The van der Waals surface area contributed by atoms with E-state index in [1.54, 1.807) is 18.2 Å². The highest BCUT2D eigenvalue weighted by Gasteiger charge is 2.20. The first-order valence-electron chi connectivity index (χ1n) is 5.90. The van der Waals surface area contributed by atoms with Crippen LogP contribution >= 0.6 is 0 Å². The van der Waals surface area contributed by atoms with Crippen molar-refractivity contribution in [1.82, 2.24) is 0 Å². The summed E-state index contributed by atoms with van der Waals surface area (Å²) in [5.74, 6) is -0.929. The quantitative estimate of drug-likeness (QED) is 0.859. The maximum Gasteiger partial charge on any atom is 0.337 e. The zero-order valence-corrected chi connectivity index (χ0v) is 9.60. The van der Waals surface area contributed by atoms with Gasteiger partial charge in [0, 0.05) is 13.1 Å². The molecule has 1 aromatic carbocycles. The Kier molecular flexibility index (Phi) is 3.61. The van der Waals surface area contributed by atoms with Gasteiger partial charge in [-0.25, -0.2) is 9.18 Å². The summed E-state index contributed by atoms with van der Waals surface area (Å²) in [4.78, 5) is 13.1. The average molecular weight is 237 g/mol. The number of para-hydroxylation sites is 1. The third-order valence-electron chi connectivity index (χ3n) is 3.13. The summed E-state index contributed by atoms with van der Waals surface area (Å²) in [6, 6.07) is 6.92. The first-order chi connectivity index (χ1) is 8.18. The lowest BCUT2D eigenvalue weighted by molar-refractivity contribution is 0.0697. The number of alkyl halides is 1. The molecule has 0 radical (unpaired) electrons. The van der Waals surface area contributed by atoms with E-state index in [1.165, 1.54) is 0 Å². The zero-order chi connectivity index (χ0) is 12.3. The fourth-order valence-electron chi connectivity index (χ4n) is 2.23. The van der Waals surface area contributed by atoms with Crippen molar-refractivity contribution in [2.45, 2.75) is 25.4 Å². The molecule has 4 heteroatoms. The molecule has 92 valence electrons. The Hall–Kier alpha value is -1.58. The number of anilines is 1. The number of aromatic carboxylic acids is 1. The fraction of sp³-hybridized carbons (Fsp3) is 0.462. The number of carboxylic acid groups (broad SMARTS) is 1. The molecule has 2 rings (SSSR count). The molecule has 1 saturated heterocycles. The minimum absolute atomic E-state index is 0.296. The van der Waals surface area contributed by atoms with Crippen molar-refractivity contribution in [3.05, 3.63) is 29.8 Å². The molecule has 0 amide bonds. The molecule has 1 atom stereocenters. The Morgan fingerprint density at radius 1 is 1.29 bits per heavy atom. The van der Waals surface area contributed by atoms with E-state index in [0.29, 0.717) is 30.6 Å². The topological polar surface area (TPSA) is 40.5 Å². The molecular weight excluding hydrogens is 221 g/mol. The monoisotopic (exact) mass is 237 g/mol. The molecule has 3 nitrogen and oxygen atoms in total. The predicted molar refractivity (Wildman–Crippen MR) is 64.4 cm³/mol. The second-order valence-electron chi connectivity index (χ2n) is 4.34. The van der Waals surface area contributed by atoms with E-state index < -0.39 is 12.1 Å². The molecule has 17 heavy (non-hydrogen) atoms. The van der Waals surface area contributed by atoms with Gasteiger partial charge in [0.2, 0.25) is 0 Å². The van der Waals surface area contributed by atoms with Gasteiger partial charge in [0.25, 0.3) is 0 Å². The smallest absolute Gasteiger partial charge is 0.337 e. The van der Waals surface area contributed by atoms with Crippen LogP contribution in [0.1, 0.15) is 29.6 Å². The van der Waals surface area contributed by atoms with Gasteiger partial charge in [0.1, 0.15) is 6.17 Å². The maximum absolute atomic E-state index is 13.2. The Morgan fingerprint density at radius 3 is 2.82 bits per heavy atom. The van der Waals surface area contributed by atoms with Gasteiger partial charge in [-0.15, -0.1) is 0 Å². The summed E-state index contributed by atoms with van der Waals surface area (Å²) in [7, 11) is 0. The molecule has 1 fully saturated rings. The van der Waals surface area contributed by atoms with Crippen LogP contribution < -0.4 is 4.90 Å². The van der Waals surface area contributed by atoms with Gasteiger partial charge in [-0.1, -0.05) is 12.1 Å². The lowest BCUT2D eigenvalue weighted by Crippen LogP contribution is -2.26. The molecular formula is C13H16FNO2. The highest BCUT2D eigenvalue weighted by molar-refractivity contribution is 5.94. The second kappa shape index (κ2) is 5.17. The second-order valence-corrected chi connectivity index (χ2v) is 4.34. The van der Waals surface area contributed by atoms with Crippen molar-refractivity contribution in [2.24, 2.45) is 0 Å². The highest BCUT2D eigenvalue weighted by atomic mass is 19.1. The maximum atomic E-state index is 13.2. The number of rotatable bonds is 2. The van der Waals surface area contributed by atoms with Gasteiger partial charge < -0.3 is 10.0 Å². The molecule has 0 aromatic heterocycles. The van der Waals surface area contributed by atoms with Gasteiger partial charge >= 0.3 is 5.97 Å². The van der Waals surface area contributed by atoms with Crippen LogP contribution in [0.25, 0.3) is 0 Å². The molecule has 1 N–H and O–H groups in total. The molecule has 1 aliphatic rings. The van der Waals surface area contributed by atoms with Gasteiger partial charge in [-0.3, -0.25) is 0 Å². The predicted octanol–water partition coefficient (Wildman–Crippen LogP) is 2.71. The Balaban J connectivity index is 2.24. The van der Waals surface area contributed by atoms with Crippen molar-refractivity contribution < 1.29 is 14.3 Å². The van der Waals surface area contributed by atoms with Crippen molar-refractivity contribution in [1.29, 1.82) is 0 Å². The van der Waals surface area contributed by atoms with Crippen LogP contribution in [0.2, 0.25) is 0 Å². The van der Waals surface area contributed by atoms with Crippen LogP contribution in [0.3, 0.4) is 0 Å². The number of carbonyl (C=O) groups is 1. The normalized spacial score (nSPS) is 21.0. The summed E-state index contributed by atoms with van der Waals surface area (Å²) in [6.45, 7) is 1.32. The highest BCUT2D eigenvalue weighted by Crippen LogP contribution is 2.24. The van der Waals surface area contributed by atoms with Gasteiger partial charge in [-0.2, -0.15) is 0 Å². The van der Waals surface area contributed by atoms with Crippen molar-refractivity contribution in [3.8, 4) is 0 Å². The lowest BCUT2D eigenvalue weighted by atomic mass is 10.1. The molecule has 0 bridgehead atoms. The van der Waals surface area contributed by atoms with E-state index in [4.69, 9.17) is 5.11 Å². The third kappa shape index (κ3) is 2.75. The molecule has 1 aliphatic heterocycles. The average Bonchev–Trinajstić information content (AvgIpc) is 2.54. The van der Waals surface area contributed by atoms with E-state index in [9.17, 15) is 9.18 Å². The van der Waals surface area contributed by atoms with Crippen LogP contribution in [-0.4, -0.2) is 30.3 Å². The number of benzene rings is 1. The molecule has 1 aromatic rings. The number of halogens is 1. The SMILES string of the molecule is O=C(O)c1ccccc1N1CCCC(F)CC1. The van der Waals surface area contributed by atoms with Gasteiger partial charge in [0.05, 0.1) is 11.3 Å². The first-order valence-corrected chi connectivity index (χ1v) is 5.90. The third-order valence-corrected chi connectivity index (χ3v) is 3.13. The number of hydrogen-bond donors (Lipinski definition) is 1. The summed E-state index contributed by atoms with van der Waals surface area (Å²) < 4.78 is 13.2. The van der Waals surface area contributed by atoms with Crippen molar-refractivity contribution >= 4 is 11.7 Å². The van der Waals surface area contributed by atoms with E-state index in [-0.39, 0.29) is 0 Å². The Morgan fingerprint density at radius 2 is 2.06 bits per heavy atom. The Bertz CT molecular complexity index is 408. The van der Waals surface area contributed by atoms with Crippen LogP contribution in [0, 0.1) is 0 Å². The minimum Gasteiger partial charge on any atom is -0.478 e. The summed E-state index contributed by atoms with van der Waals surface area (Å²) in [5.41, 5.74) is 0.999. The van der Waals surface area contributed by atoms with Crippen LogP contribution in [0.15, 0.2) is 24.3 Å². The van der Waals surface area contributed by atoms with Crippen molar-refractivity contribution in [2.75, 3.05) is 18.0 Å². The van der Waals surface area contributed by atoms with Crippen LogP contribution in [0.4, 0.5) is 10.1 Å². The van der Waals surface area contributed by atoms with Crippen LogP contribution in [0.5, 0.6) is 0 Å². The minimum atomic E-state index is -0.929. The number of nitrogens with zero attached hydrogens (tertiary/aromatic N) is 1. The van der Waals surface area contributed by atoms with Crippen LogP contribution in [-0.2, 0) is 0 Å². The van der Waals surface area contributed by atoms with E-state index in [0.717, 1.165) is 13.0 Å². The van der Waals surface area contributed by atoms with Crippen molar-refractivity contribution in [3.63, 3.8) is 0 Å². The molecule has 1 heterocycles. The number of hydrogen-bond acceptors (Lipinski definition) is 2. The summed E-state index contributed by atoms with van der Waals surface area (Å²) in [6.07, 6.45) is 1.08. The molecule has 1 unspecified atom stereocenters. The molecule has 0 aliphatic carbocycles. The zero-order valence-electron chi connectivity index (χ0n) is 9.60. The number of carboxylic acids is 1. The van der Waals surface area contributed by atoms with E-state index in [1.807, 2.05) is 11.0 Å². The van der Waals surface area contributed by atoms with E-state index >= 15 is 0 Å². The molecule has 0 saturated carbocycles. The van der Waals surface area contributed by atoms with Gasteiger partial charge in [0.15, 0.2) is 0 Å². The summed E-state index contributed by atoms with van der Waals surface area (Å²) >= 11 is 0. The standard InChI is InChI=1S/C13H16FNO2/c14-10-4-3-8-15(9-7-10)12-6-2-1-5-11(12)13(16)17/h1-2,5-6,10H,3-4,7-9H2,(H,16,17). The molecule has 0 spiro atoms. The summed E-state index contributed by atoms with van der Waals surface area (Å²) in [5, 5.41) is 9.12. The first kappa shape index (κ1) is 11.9.